The lowest BCUT2D eigenvalue weighted by Crippen LogP contribution is -2.33. The first-order chi connectivity index (χ1) is 18.8. The summed E-state index contributed by atoms with van der Waals surface area (Å²) >= 11 is 0. The van der Waals surface area contributed by atoms with Crippen LogP contribution in [0.4, 0.5) is 0 Å². The minimum Gasteiger partial charge on any atom is -0.344 e. The zero-order valence-corrected chi connectivity index (χ0v) is 20.7. The van der Waals surface area contributed by atoms with Crippen molar-refractivity contribution in [1.29, 1.82) is 0 Å². The summed E-state index contributed by atoms with van der Waals surface area (Å²) in [5.41, 5.74) is 10.8. The summed E-state index contributed by atoms with van der Waals surface area (Å²) in [7, 11) is 0. The molecule has 182 valence electrons. The van der Waals surface area contributed by atoms with Crippen LogP contribution >= 0.6 is 0 Å². The molecule has 2 heterocycles. The van der Waals surface area contributed by atoms with Crippen molar-refractivity contribution in [3.05, 3.63) is 144 Å². The normalized spacial score (nSPS) is 16.4. The Kier molecular flexibility index (Phi) is 5.52. The van der Waals surface area contributed by atoms with Gasteiger partial charge in [0, 0.05) is 16.7 Å². The van der Waals surface area contributed by atoms with E-state index in [0.29, 0.717) is 0 Å². The van der Waals surface area contributed by atoms with E-state index in [1.807, 2.05) is 36.4 Å². The van der Waals surface area contributed by atoms with Gasteiger partial charge in [-0.25, -0.2) is 9.98 Å². The molecule has 0 amide bonds. The van der Waals surface area contributed by atoms with Crippen molar-refractivity contribution in [3.63, 3.8) is 0 Å². The quantitative estimate of drug-likeness (QED) is 0.303. The van der Waals surface area contributed by atoms with Gasteiger partial charge in [-0.1, -0.05) is 121 Å². The number of nitrogens with one attached hydrogen (secondary N) is 2. The van der Waals surface area contributed by atoms with Crippen molar-refractivity contribution in [2.24, 2.45) is 15.1 Å². The molecule has 5 heteroatoms. The fourth-order valence-electron chi connectivity index (χ4n) is 5.05. The second kappa shape index (κ2) is 9.45. The molecule has 5 nitrogen and oxygen atoms in total. The molecule has 0 fully saturated rings. The van der Waals surface area contributed by atoms with E-state index < -0.39 is 0 Å². The molecule has 5 aromatic rings. The number of hydrazone groups is 1. The van der Waals surface area contributed by atoms with Crippen molar-refractivity contribution in [2.75, 3.05) is 6.54 Å². The molecule has 1 atom stereocenters. The van der Waals surface area contributed by atoms with Gasteiger partial charge in [0.25, 0.3) is 0 Å². The molecule has 0 saturated carbocycles. The summed E-state index contributed by atoms with van der Waals surface area (Å²) in [5.74, 6) is 1.55. The number of hydrogen-bond acceptors (Lipinski definition) is 5. The van der Waals surface area contributed by atoms with Gasteiger partial charge >= 0.3 is 0 Å². The molecule has 7 rings (SSSR count). The van der Waals surface area contributed by atoms with Crippen LogP contribution in [0.5, 0.6) is 0 Å². The molecular weight excluding hydrogens is 466 g/mol. The average molecular weight is 492 g/mol. The molecule has 2 aliphatic rings. The molecular formula is C33H25N5. The second-order valence-corrected chi connectivity index (χ2v) is 9.42. The molecule has 0 aromatic heterocycles. The van der Waals surface area contributed by atoms with Gasteiger partial charge in [0.15, 0.2) is 5.84 Å². The highest BCUT2D eigenvalue weighted by Gasteiger charge is 2.22. The van der Waals surface area contributed by atoms with Crippen molar-refractivity contribution in [3.8, 4) is 11.1 Å². The van der Waals surface area contributed by atoms with Crippen molar-refractivity contribution < 1.29 is 0 Å². The van der Waals surface area contributed by atoms with E-state index in [-0.39, 0.29) is 6.17 Å². The van der Waals surface area contributed by atoms with Gasteiger partial charge < -0.3 is 10.7 Å². The Labute approximate surface area is 221 Å². The standard InChI is InChI=1S/C33H25N5/c1-3-10-24(11-4-1)31-35-32(25-12-5-2-6-13-25)37-33(36-31)26-17-15-23(16-18-26)30-27-14-8-7-9-22(27)19-20-28(30)29-21-34-38-29/h1-20,33-34H,21H2,(H,35,36,37). The first-order valence-corrected chi connectivity index (χ1v) is 12.8. The van der Waals surface area contributed by atoms with E-state index in [9.17, 15) is 0 Å². The first-order valence-electron chi connectivity index (χ1n) is 12.8. The van der Waals surface area contributed by atoms with E-state index >= 15 is 0 Å². The van der Waals surface area contributed by atoms with E-state index in [0.717, 1.165) is 46.2 Å². The van der Waals surface area contributed by atoms with Gasteiger partial charge in [-0.15, -0.1) is 0 Å². The number of fused-ring (bicyclic) bond motifs is 1. The number of benzene rings is 5. The van der Waals surface area contributed by atoms with E-state index in [1.165, 1.54) is 21.9 Å². The topological polar surface area (TPSA) is 61.1 Å². The maximum atomic E-state index is 5.01. The van der Waals surface area contributed by atoms with Gasteiger partial charge in [0.1, 0.15) is 12.0 Å². The fraction of sp³-hybridized carbons (Fsp3) is 0.0606. The third-order valence-corrected chi connectivity index (χ3v) is 7.04. The maximum Gasteiger partial charge on any atom is 0.159 e. The van der Waals surface area contributed by atoms with Crippen LogP contribution in [0.15, 0.2) is 136 Å². The molecule has 38 heavy (non-hydrogen) atoms. The van der Waals surface area contributed by atoms with Crippen LogP contribution < -0.4 is 10.7 Å². The maximum absolute atomic E-state index is 5.01. The molecule has 0 spiro atoms. The van der Waals surface area contributed by atoms with E-state index in [2.05, 4.69) is 101 Å². The molecule has 0 saturated heterocycles. The van der Waals surface area contributed by atoms with Gasteiger partial charge in [-0.2, -0.15) is 5.10 Å². The van der Waals surface area contributed by atoms with Crippen LogP contribution in [0.2, 0.25) is 0 Å². The minimum absolute atomic E-state index is 0.251. The zero-order chi connectivity index (χ0) is 25.3. The molecule has 1 unspecified atom stereocenters. The molecule has 0 bridgehead atoms. The number of aliphatic imine (C=N–C) groups is 2. The van der Waals surface area contributed by atoms with Crippen LogP contribution in [0.1, 0.15) is 28.4 Å². The van der Waals surface area contributed by atoms with Crippen molar-refractivity contribution >= 4 is 28.2 Å². The van der Waals surface area contributed by atoms with Crippen molar-refractivity contribution in [1.82, 2.24) is 10.7 Å². The molecule has 0 radical (unpaired) electrons. The number of rotatable bonds is 5. The Morgan fingerprint density at radius 1 is 0.632 bits per heavy atom. The largest absolute Gasteiger partial charge is 0.344 e. The van der Waals surface area contributed by atoms with Crippen molar-refractivity contribution in [2.45, 2.75) is 6.17 Å². The van der Waals surface area contributed by atoms with Gasteiger partial charge in [0.05, 0.1) is 12.3 Å². The molecule has 0 aliphatic carbocycles. The summed E-state index contributed by atoms with van der Waals surface area (Å²) in [5, 5.41) is 10.4. The van der Waals surface area contributed by atoms with Crippen LogP contribution in [0.3, 0.4) is 0 Å². The third-order valence-electron chi connectivity index (χ3n) is 7.04. The predicted molar refractivity (Wildman–Crippen MR) is 156 cm³/mol. The average Bonchev–Trinajstić information content (AvgIpc) is 2.97. The van der Waals surface area contributed by atoms with E-state index in [4.69, 9.17) is 9.98 Å². The Morgan fingerprint density at radius 2 is 1.32 bits per heavy atom. The predicted octanol–water partition coefficient (Wildman–Crippen LogP) is 6.31. The summed E-state index contributed by atoms with van der Waals surface area (Å²) < 4.78 is 0. The summed E-state index contributed by atoms with van der Waals surface area (Å²) in [6.07, 6.45) is -0.251. The van der Waals surface area contributed by atoms with Crippen LogP contribution in [0, 0.1) is 0 Å². The molecule has 2 N–H and O–H groups in total. The lowest BCUT2D eigenvalue weighted by atomic mass is 9.90. The fourth-order valence-corrected chi connectivity index (χ4v) is 5.05. The Hall–Kier alpha value is -5.03. The highest BCUT2D eigenvalue weighted by molar-refractivity contribution is 6.15. The number of amidine groups is 2. The lowest BCUT2D eigenvalue weighted by molar-refractivity contribution is 0.674. The SMILES string of the molecule is c1ccc(C2=NC(c3ccc(-c4c(C5=NNC5)ccc5ccccc45)cc3)NC(c3ccccc3)=N2)cc1. The summed E-state index contributed by atoms with van der Waals surface area (Å²) in [4.78, 5) is 9.89. The smallest absolute Gasteiger partial charge is 0.159 e. The van der Waals surface area contributed by atoms with Crippen LogP contribution in [0.25, 0.3) is 21.9 Å². The minimum atomic E-state index is -0.251. The molecule has 5 aromatic carbocycles. The number of hydrogen-bond donors (Lipinski definition) is 2. The number of nitrogens with zero attached hydrogens (tertiary/aromatic N) is 3. The summed E-state index contributed by atoms with van der Waals surface area (Å²) in [6, 6.07) is 42.0. The monoisotopic (exact) mass is 491 g/mol. The second-order valence-electron chi connectivity index (χ2n) is 9.42. The third kappa shape index (κ3) is 4.04. The summed E-state index contributed by atoms with van der Waals surface area (Å²) in [6.45, 7) is 0.786. The Balaban J connectivity index is 1.29. The first kappa shape index (κ1) is 22.2. The Morgan fingerprint density at radius 3 is 2.03 bits per heavy atom. The highest BCUT2D eigenvalue weighted by atomic mass is 15.3. The van der Waals surface area contributed by atoms with Gasteiger partial charge in [0.2, 0.25) is 0 Å². The van der Waals surface area contributed by atoms with Crippen LogP contribution in [-0.2, 0) is 0 Å². The zero-order valence-electron chi connectivity index (χ0n) is 20.7. The van der Waals surface area contributed by atoms with Gasteiger partial charge in [-0.3, -0.25) is 0 Å². The van der Waals surface area contributed by atoms with Crippen LogP contribution in [-0.4, -0.2) is 23.9 Å². The van der Waals surface area contributed by atoms with Gasteiger partial charge in [-0.05, 0) is 27.5 Å². The molecule has 2 aliphatic heterocycles. The Bertz CT molecular complexity index is 1720. The van der Waals surface area contributed by atoms with E-state index in [1.54, 1.807) is 0 Å². The highest BCUT2D eigenvalue weighted by Crippen LogP contribution is 2.34. The lowest BCUT2D eigenvalue weighted by Gasteiger charge is -2.24.